The molecule has 21 heavy (non-hydrogen) atoms. The minimum Gasteiger partial charge on any atom is -0.343 e. The molecule has 0 radical (unpaired) electrons. The van der Waals surface area contributed by atoms with Crippen LogP contribution in [0.4, 0.5) is 0 Å². The van der Waals surface area contributed by atoms with E-state index in [-0.39, 0.29) is 31.2 Å². The van der Waals surface area contributed by atoms with E-state index < -0.39 is 17.9 Å². The van der Waals surface area contributed by atoms with Gasteiger partial charge in [-0.3, -0.25) is 24.5 Å². The van der Waals surface area contributed by atoms with Crippen molar-refractivity contribution in [3.63, 3.8) is 0 Å². The lowest BCUT2D eigenvalue weighted by atomic mass is 10.1. The molecule has 2 rings (SSSR count). The minimum atomic E-state index is -0.733. The maximum Gasteiger partial charge on any atom is 0.251 e. The van der Waals surface area contributed by atoms with Crippen LogP contribution in [0, 0.1) is 0 Å². The second-order valence-electron chi connectivity index (χ2n) is 4.62. The second-order valence-corrected chi connectivity index (χ2v) is 4.62. The van der Waals surface area contributed by atoms with Crippen molar-refractivity contribution in [2.75, 3.05) is 6.54 Å². The monoisotopic (exact) mass is 289 g/mol. The van der Waals surface area contributed by atoms with Crippen molar-refractivity contribution in [1.29, 1.82) is 0 Å². The first kappa shape index (κ1) is 14.7. The summed E-state index contributed by atoms with van der Waals surface area (Å²) in [5, 5.41) is 7.09. The Morgan fingerprint density at radius 3 is 2.57 bits per heavy atom. The highest BCUT2D eigenvalue weighted by Gasteiger charge is 2.27. The molecule has 1 aliphatic heterocycles. The number of hydrogen-bond acceptors (Lipinski definition) is 4. The van der Waals surface area contributed by atoms with E-state index in [1.54, 1.807) is 30.3 Å². The molecule has 3 N–H and O–H groups in total. The average Bonchev–Trinajstić information content (AvgIpc) is 2.48. The molecule has 0 aliphatic carbocycles. The summed E-state index contributed by atoms with van der Waals surface area (Å²) in [5.74, 6) is -1.71. The van der Waals surface area contributed by atoms with Crippen molar-refractivity contribution in [3.05, 3.63) is 35.9 Å². The van der Waals surface area contributed by atoms with Gasteiger partial charge >= 0.3 is 0 Å². The van der Waals surface area contributed by atoms with E-state index >= 15 is 0 Å². The van der Waals surface area contributed by atoms with Gasteiger partial charge in [0.25, 0.3) is 5.91 Å². The number of imide groups is 1. The fourth-order valence-electron chi connectivity index (χ4n) is 1.93. The number of benzene rings is 1. The normalized spacial score (nSPS) is 17.8. The molecule has 0 spiro atoms. The minimum absolute atomic E-state index is 0.188. The number of piperidine rings is 1. The largest absolute Gasteiger partial charge is 0.343 e. The molecule has 1 atom stereocenters. The maximum atomic E-state index is 11.7. The van der Waals surface area contributed by atoms with Crippen molar-refractivity contribution < 1.29 is 19.2 Å². The van der Waals surface area contributed by atoms with E-state index in [0.29, 0.717) is 5.56 Å². The zero-order chi connectivity index (χ0) is 15.2. The standard InChI is InChI=1S/C14H15N3O4/c18-11-7-6-10(14(21)17-11)16-12(19)8-15-13(20)9-4-2-1-3-5-9/h1-5,10H,6-8H2,(H,15,20)(H,16,19)(H,17,18,21). The zero-order valence-corrected chi connectivity index (χ0v) is 11.2. The van der Waals surface area contributed by atoms with Crippen LogP contribution < -0.4 is 16.0 Å². The Labute approximate surface area is 121 Å². The number of carbonyl (C=O) groups is 4. The van der Waals surface area contributed by atoms with E-state index in [1.807, 2.05) is 0 Å². The smallest absolute Gasteiger partial charge is 0.251 e. The van der Waals surface area contributed by atoms with Gasteiger partial charge in [0.2, 0.25) is 17.7 Å². The van der Waals surface area contributed by atoms with Gasteiger partial charge in [0, 0.05) is 12.0 Å². The summed E-state index contributed by atoms with van der Waals surface area (Å²) in [7, 11) is 0. The van der Waals surface area contributed by atoms with Gasteiger partial charge in [0.05, 0.1) is 6.54 Å². The van der Waals surface area contributed by atoms with Crippen molar-refractivity contribution in [3.8, 4) is 0 Å². The number of nitrogens with one attached hydrogen (secondary N) is 3. The Hall–Kier alpha value is -2.70. The predicted octanol–water partition coefficient (Wildman–Crippen LogP) is -0.662. The first-order chi connectivity index (χ1) is 10.1. The van der Waals surface area contributed by atoms with Crippen LogP contribution in [0.1, 0.15) is 23.2 Å². The summed E-state index contributed by atoms with van der Waals surface area (Å²) in [6, 6.07) is 7.76. The van der Waals surface area contributed by atoms with Crippen LogP contribution in [0.15, 0.2) is 30.3 Å². The average molecular weight is 289 g/mol. The molecule has 7 nitrogen and oxygen atoms in total. The van der Waals surface area contributed by atoms with Crippen LogP contribution >= 0.6 is 0 Å². The second kappa shape index (κ2) is 6.65. The maximum absolute atomic E-state index is 11.7. The Morgan fingerprint density at radius 1 is 1.19 bits per heavy atom. The number of hydrogen-bond donors (Lipinski definition) is 3. The van der Waals surface area contributed by atoms with Gasteiger partial charge in [-0.1, -0.05) is 18.2 Å². The summed E-state index contributed by atoms with van der Waals surface area (Å²) in [5.41, 5.74) is 0.450. The molecule has 7 heteroatoms. The zero-order valence-electron chi connectivity index (χ0n) is 11.2. The highest BCUT2D eigenvalue weighted by atomic mass is 16.2. The molecule has 0 bridgehead atoms. The van der Waals surface area contributed by atoms with E-state index in [0.717, 1.165) is 0 Å². The fraction of sp³-hybridized carbons (Fsp3) is 0.286. The van der Waals surface area contributed by atoms with Crippen LogP contribution in [0.3, 0.4) is 0 Å². The van der Waals surface area contributed by atoms with Crippen molar-refractivity contribution in [1.82, 2.24) is 16.0 Å². The number of amides is 4. The molecular formula is C14H15N3O4. The molecule has 0 saturated carbocycles. The van der Waals surface area contributed by atoms with Crippen molar-refractivity contribution >= 4 is 23.6 Å². The molecule has 110 valence electrons. The summed E-state index contributed by atoms with van der Waals surface area (Å²) in [6.45, 7) is -0.231. The van der Waals surface area contributed by atoms with Gasteiger partial charge < -0.3 is 10.6 Å². The van der Waals surface area contributed by atoms with Gasteiger partial charge in [-0.2, -0.15) is 0 Å². The topological polar surface area (TPSA) is 104 Å². The summed E-state index contributed by atoms with van der Waals surface area (Å²) < 4.78 is 0. The van der Waals surface area contributed by atoms with Crippen molar-refractivity contribution in [2.24, 2.45) is 0 Å². The first-order valence-electron chi connectivity index (χ1n) is 6.52. The third kappa shape index (κ3) is 4.13. The molecule has 1 unspecified atom stereocenters. The Bertz CT molecular complexity index is 571. The molecule has 0 aromatic heterocycles. The van der Waals surface area contributed by atoms with E-state index in [2.05, 4.69) is 16.0 Å². The molecule has 1 fully saturated rings. The lowest BCUT2D eigenvalue weighted by Gasteiger charge is -2.21. The quantitative estimate of drug-likeness (QED) is 0.640. The van der Waals surface area contributed by atoms with Gasteiger partial charge in [-0.25, -0.2) is 0 Å². The molecule has 1 aromatic rings. The summed E-state index contributed by atoms with van der Waals surface area (Å²) in [4.78, 5) is 45.9. The number of rotatable bonds is 4. The molecular weight excluding hydrogens is 274 g/mol. The fourth-order valence-corrected chi connectivity index (χ4v) is 1.93. The Balaban J connectivity index is 1.79. The molecule has 1 heterocycles. The third-order valence-electron chi connectivity index (χ3n) is 3.02. The Morgan fingerprint density at radius 2 is 1.90 bits per heavy atom. The molecule has 4 amide bonds. The SMILES string of the molecule is O=C1CCC(NC(=O)CNC(=O)c2ccccc2)C(=O)N1. The summed E-state index contributed by atoms with van der Waals surface area (Å²) >= 11 is 0. The lowest BCUT2D eigenvalue weighted by Crippen LogP contribution is -2.53. The third-order valence-corrected chi connectivity index (χ3v) is 3.02. The highest BCUT2D eigenvalue weighted by molar-refractivity contribution is 6.02. The van der Waals surface area contributed by atoms with Crippen molar-refractivity contribution in [2.45, 2.75) is 18.9 Å². The summed E-state index contributed by atoms with van der Waals surface area (Å²) in [6.07, 6.45) is 0.454. The van der Waals surface area contributed by atoms with Crippen LogP contribution in [-0.4, -0.2) is 36.2 Å². The lowest BCUT2D eigenvalue weighted by molar-refractivity contribution is -0.137. The molecule has 1 saturated heterocycles. The van der Waals surface area contributed by atoms with Crippen LogP contribution in [0.25, 0.3) is 0 Å². The van der Waals surface area contributed by atoms with Gasteiger partial charge in [0.15, 0.2) is 0 Å². The van der Waals surface area contributed by atoms with E-state index in [4.69, 9.17) is 0 Å². The van der Waals surface area contributed by atoms with Crippen LogP contribution in [-0.2, 0) is 14.4 Å². The highest BCUT2D eigenvalue weighted by Crippen LogP contribution is 2.03. The van der Waals surface area contributed by atoms with Gasteiger partial charge in [0.1, 0.15) is 6.04 Å². The predicted molar refractivity (Wildman–Crippen MR) is 73.1 cm³/mol. The molecule has 1 aromatic carbocycles. The Kier molecular flexibility index (Phi) is 4.65. The van der Waals surface area contributed by atoms with E-state index in [9.17, 15) is 19.2 Å². The molecule has 1 aliphatic rings. The van der Waals surface area contributed by atoms with Crippen LogP contribution in [0.2, 0.25) is 0 Å². The van der Waals surface area contributed by atoms with Gasteiger partial charge in [-0.15, -0.1) is 0 Å². The first-order valence-corrected chi connectivity index (χ1v) is 6.52. The van der Waals surface area contributed by atoms with Gasteiger partial charge in [-0.05, 0) is 18.6 Å². The number of carbonyl (C=O) groups excluding carboxylic acids is 4. The van der Waals surface area contributed by atoms with E-state index in [1.165, 1.54) is 0 Å². The van der Waals surface area contributed by atoms with Crippen LogP contribution in [0.5, 0.6) is 0 Å².